The lowest BCUT2D eigenvalue weighted by molar-refractivity contribution is 0.0742. The van der Waals surface area contributed by atoms with E-state index in [4.69, 9.17) is 5.73 Å². The van der Waals surface area contributed by atoms with Crippen LogP contribution in [0.4, 0.5) is 0 Å². The van der Waals surface area contributed by atoms with E-state index in [1.165, 1.54) is 0 Å². The van der Waals surface area contributed by atoms with Crippen LogP contribution in [0.5, 0.6) is 0 Å². The zero-order valence-electron chi connectivity index (χ0n) is 14.3. The van der Waals surface area contributed by atoms with Gasteiger partial charge >= 0.3 is 0 Å². The number of nitrogens with zero attached hydrogens (tertiary/aromatic N) is 1. The van der Waals surface area contributed by atoms with Crippen LogP contribution in [0.2, 0.25) is 0 Å². The Morgan fingerprint density at radius 3 is 2.36 bits per heavy atom. The molecule has 2 aromatic carbocycles. The predicted molar refractivity (Wildman–Crippen MR) is 102 cm³/mol. The minimum atomic E-state index is -0.207. The first-order chi connectivity index (χ1) is 11.7. The summed E-state index contributed by atoms with van der Waals surface area (Å²) in [4.78, 5) is 26.4. The second kappa shape index (κ2) is 10.5. The van der Waals surface area contributed by atoms with Gasteiger partial charge in [-0.05, 0) is 36.7 Å². The maximum atomic E-state index is 12.9. The Bertz CT molecular complexity index is 692. The summed E-state index contributed by atoms with van der Waals surface area (Å²) in [5, 5.41) is 2.57. The third-order valence-electron chi connectivity index (χ3n) is 3.73. The van der Waals surface area contributed by atoms with E-state index in [9.17, 15) is 9.59 Å². The number of carbonyl (C=O) groups excluding carboxylic acids is 2. The molecular formula is C19H24ClN3O2. The van der Waals surface area contributed by atoms with Crippen molar-refractivity contribution >= 4 is 24.2 Å². The van der Waals surface area contributed by atoms with Gasteiger partial charge in [0.25, 0.3) is 11.8 Å². The second-order valence-corrected chi connectivity index (χ2v) is 5.51. The molecule has 0 aromatic heterocycles. The molecule has 0 unspecified atom stereocenters. The minimum Gasteiger partial charge on any atom is -0.355 e. The summed E-state index contributed by atoms with van der Waals surface area (Å²) < 4.78 is 0. The van der Waals surface area contributed by atoms with Crippen molar-refractivity contribution in [3.63, 3.8) is 0 Å². The standard InChI is InChI=1S/C19H23N3O2.ClH/c1-21-18(23)16-9-5-10-17(13-16)19(24)22(12-6-11-20)14-15-7-3-2-4-8-15;/h2-5,7-10,13H,6,11-12,14,20H2,1H3,(H,21,23);1H. The van der Waals surface area contributed by atoms with Gasteiger partial charge in [-0.3, -0.25) is 9.59 Å². The molecule has 0 aliphatic carbocycles. The largest absolute Gasteiger partial charge is 0.355 e. The van der Waals surface area contributed by atoms with Crippen LogP contribution in [0, 0.1) is 0 Å². The quantitative estimate of drug-likeness (QED) is 0.795. The van der Waals surface area contributed by atoms with Crippen molar-refractivity contribution in [2.75, 3.05) is 20.1 Å². The smallest absolute Gasteiger partial charge is 0.254 e. The van der Waals surface area contributed by atoms with Gasteiger partial charge in [-0.2, -0.15) is 0 Å². The zero-order valence-corrected chi connectivity index (χ0v) is 15.1. The molecule has 0 bridgehead atoms. The van der Waals surface area contributed by atoms with E-state index >= 15 is 0 Å². The summed E-state index contributed by atoms with van der Waals surface area (Å²) in [6.07, 6.45) is 0.730. The molecular weight excluding hydrogens is 338 g/mol. The first kappa shape index (κ1) is 20.7. The van der Waals surface area contributed by atoms with Gasteiger partial charge in [0.1, 0.15) is 0 Å². The predicted octanol–water partition coefficient (Wildman–Crippen LogP) is 2.46. The minimum absolute atomic E-state index is 0. The normalized spacial score (nSPS) is 9.84. The monoisotopic (exact) mass is 361 g/mol. The van der Waals surface area contributed by atoms with Crippen LogP contribution in [0.15, 0.2) is 54.6 Å². The zero-order chi connectivity index (χ0) is 17.4. The molecule has 2 rings (SSSR count). The van der Waals surface area contributed by atoms with Crippen molar-refractivity contribution in [3.8, 4) is 0 Å². The molecule has 0 radical (unpaired) electrons. The number of benzene rings is 2. The highest BCUT2D eigenvalue weighted by Gasteiger charge is 2.17. The van der Waals surface area contributed by atoms with E-state index in [0.29, 0.717) is 30.8 Å². The maximum Gasteiger partial charge on any atom is 0.254 e. The molecule has 0 aliphatic heterocycles. The van der Waals surface area contributed by atoms with Gasteiger partial charge in [0.15, 0.2) is 0 Å². The van der Waals surface area contributed by atoms with Gasteiger partial charge in [-0.1, -0.05) is 36.4 Å². The number of nitrogens with two attached hydrogens (primary N) is 1. The molecule has 0 heterocycles. The van der Waals surface area contributed by atoms with E-state index < -0.39 is 0 Å². The van der Waals surface area contributed by atoms with Crippen LogP contribution < -0.4 is 11.1 Å². The number of halogens is 1. The number of rotatable bonds is 7. The Kier molecular flexibility index (Phi) is 8.67. The van der Waals surface area contributed by atoms with Gasteiger partial charge in [0.2, 0.25) is 0 Å². The Hall–Kier alpha value is -2.37. The molecule has 0 aliphatic rings. The molecule has 2 aromatic rings. The number of amides is 2. The summed E-state index contributed by atoms with van der Waals surface area (Å²) >= 11 is 0. The fourth-order valence-corrected chi connectivity index (χ4v) is 2.46. The van der Waals surface area contributed by atoms with Gasteiger partial charge in [0.05, 0.1) is 0 Å². The third kappa shape index (κ3) is 5.89. The Morgan fingerprint density at radius 1 is 1.04 bits per heavy atom. The highest BCUT2D eigenvalue weighted by atomic mass is 35.5. The number of hydrogen-bond donors (Lipinski definition) is 2. The lowest BCUT2D eigenvalue weighted by atomic mass is 10.1. The van der Waals surface area contributed by atoms with Crippen molar-refractivity contribution < 1.29 is 9.59 Å². The van der Waals surface area contributed by atoms with Crippen LogP contribution >= 0.6 is 12.4 Å². The summed E-state index contributed by atoms with van der Waals surface area (Å²) in [6, 6.07) is 16.6. The van der Waals surface area contributed by atoms with Crippen molar-refractivity contribution in [2.45, 2.75) is 13.0 Å². The summed E-state index contributed by atoms with van der Waals surface area (Å²) in [5.41, 5.74) is 7.64. The highest BCUT2D eigenvalue weighted by Crippen LogP contribution is 2.12. The maximum absolute atomic E-state index is 12.9. The van der Waals surface area contributed by atoms with Gasteiger partial charge in [0, 0.05) is 31.3 Å². The fourth-order valence-electron chi connectivity index (χ4n) is 2.46. The lowest BCUT2D eigenvalue weighted by Crippen LogP contribution is -2.32. The topological polar surface area (TPSA) is 75.4 Å². The highest BCUT2D eigenvalue weighted by molar-refractivity contribution is 5.99. The third-order valence-corrected chi connectivity index (χ3v) is 3.73. The Morgan fingerprint density at radius 2 is 1.72 bits per heavy atom. The van der Waals surface area contributed by atoms with Crippen LogP contribution in [-0.4, -0.2) is 36.9 Å². The molecule has 2 amide bonds. The molecule has 0 atom stereocenters. The first-order valence-corrected chi connectivity index (χ1v) is 8.01. The van der Waals surface area contributed by atoms with Gasteiger partial charge in [-0.25, -0.2) is 0 Å². The molecule has 25 heavy (non-hydrogen) atoms. The van der Waals surface area contributed by atoms with E-state index in [1.807, 2.05) is 30.3 Å². The fraction of sp³-hybridized carbons (Fsp3) is 0.263. The Balaban J connectivity index is 0.00000312. The SMILES string of the molecule is CNC(=O)c1cccc(C(=O)N(CCCN)Cc2ccccc2)c1.Cl. The average molecular weight is 362 g/mol. The molecule has 3 N–H and O–H groups in total. The lowest BCUT2D eigenvalue weighted by Gasteiger charge is -2.23. The van der Waals surface area contributed by atoms with Crippen LogP contribution in [0.3, 0.4) is 0 Å². The molecule has 6 heteroatoms. The molecule has 0 saturated carbocycles. The number of hydrogen-bond acceptors (Lipinski definition) is 3. The molecule has 0 saturated heterocycles. The first-order valence-electron chi connectivity index (χ1n) is 8.01. The van der Waals surface area contributed by atoms with E-state index in [1.54, 1.807) is 36.2 Å². The second-order valence-electron chi connectivity index (χ2n) is 5.51. The molecule has 0 spiro atoms. The summed E-state index contributed by atoms with van der Waals surface area (Å²) in [5.74, 6) is -0.306. The number of carbonyl (C=O) groups is 2. The van der Waals surface area contributed by atoms with E-state index in [2.05, 4.69) is 5.32 Å². The van der Waals surface area contributed by atoms with E-state index in [-0.39, 0.29) is 24.2 Å². The van der Waals surface area contributed by atoms with Crippen molar-refractivity contribution in [2.24, 2.45) is 5.73 Å². The van der Waals surface area contributed by atoms with Crippen LogP contribution in [0.25, 0.3) is 0 Å². The van der Waals surface area contributed by atoms with Crippen molar-refractivity contribution in [1.29, 1.82) is 0 Å². The van der Waals surface area contributed by atoms with Crippen molar-refractivity contribution in [1.82, 2.24) is 10.2 Å². The molecule has 0 fully saturated rings. The van der Waals surface area contributed by atoms with Crippen LogP contribution in [0.1, 0.15) is 32.7 Å². The average Bonchev–Trinajstić information content (AvgIpc) is 2.64. The Labute approximate surface area is 154 Å². The van der Waals surface area contributed by atoms with Gasteiger partial charge in [-0.15, -0.1) is 12.4 Å². The number of nitrogens with one attached hydrogen (secondary N) is 1. The summed E-state index contributed by atoms with van der Waals surface area (Å²) in [6.45, 7) is 1.62. The van der Waals surface area contributed by atoms with Crippen LogP contribution in [-0.2, 0) is 6.54 Å². The summed E-state index contributed by atoms with van der Waals surface area (Å²) in [7, 11) is 1.57. The van der Waals surface area contributed by atoms with Gasteiger partial charge < -0.3 is 16.0 Å². The molecule has 5 nitrogen and oxygen atoms in total. The van der Waals surface area contributed by atoms with Crippen molar-refractivity contribution in [3.05, 3.63) is 71.3 Å². The van der Waals surface area contributed by atoms with E-state index in [0.717, 1.165) is 12.0 Å². The molecule has 134 valence electrons.